The Balaban J connectivity index is 2.52. The number of methoxy groups -OCH3 is 2. The van der Waals surface area contributed by atoms with Gasteiger partial charge >= 0.3 is 0 Å². The lowest BCUT2D eigenvalue weighted by atomic mass is 10.0. The average Bonchev–Trinajstić information content (AvgIpc) is 2.94. The summed E-state index contributed by atoms with van der Waals surface area (Å²) in [4.78, 5) is 0. The number of hydrazine groups is 1. The van der Waals surface area contributed by atoms with Crippen LogP contribution in [0.5, 0.6) is 11.5 Å². The molecule has 1 unspecified atom stereocenters. The van der Waals surface area contributed by atoms with E-state index in [2.05, 4.69) is 21.4 Å². The van der Waals surface area contributed by atoms with Crippen LogP contribution >= 0.6 is 15.9 Å². The number of furan rings is 1. The molecule has 2 rings (SSSR count). The highest BCUT2D eigenvalue weighted by Crippen LogP contribution is 2.41. The molecule has 0 amide bonds. The van der Waals surface area contributed by atoms with E-state index in [0.29, 0.717) is 17.3 Å². The molecule has 0 radical (unpaired) electrons. The SMILES string of the molecule is COc1ccc(C(NN)c2ccco2)c(OC)c1Br. The third-order valence-corrected chi connectivity index (χ3v) is 3.57. The van der Waals surface area contributed by atoms with Crippen molar-refractivity contribution in [1.82, 2.24) is 5.43 Å². The number of nitrogens with two attached hydrogens (primary N) is 1. The van der Waals surface area contributed by atoms with Crippen molar-refractivity contribution in [2.24, 2.45) is 5.84 Å². The lowest BCUT2D eigenvalue weighted by Crippen LogP contribution is -2.28. The van der Waals surface area contributed by atoms with E-state index in [4.69, 9.17) is 19.7 Å². The maximum absolute atomic E-state index is 5.63. The summed E-state index contributed by atoms with van der Waals surface area (Å²) in [5.41, 5.74) is 3.58. The molecule has 0 spiro atoms. The maximum atomic E-state index is 5.63. The number of hydrogen-bond acceptors (Lipinski definition) is 5. The number of rotatable bonds is 5. The predicted molar refractivity (Wildman–Crippen MR) is 75.1 cm³/mol. The van der Waals surface area contributed by atoms with Crippen molar-refractivity contribution in [1.29, 1.82) is 0 Å². The van der Waals surface area contributed by atoms with Gasteiger partial charge in [0, 0.05) is 5.56 Å². The number of benzene rings is 1. The second-order valence-electron chi connectivity index (χ2n) is 3.82. The first kappa shape index (κ1) is 13.9. The summed E-state index contributed by atoms with van der Waals surface area (Å²) in [6.45, 7) is 0. The normalized spacial score (nSPS) is 12.2. The van der Waals surface area contributed by atoms with Crippen molar-refractivity contribution in [3.8, 4) is 11.5 Å². The Morgan fingerprint density at radius 3 is 2.58 bits per heavy atom. The first-order chi connectivity index (χ1) is 9.22. The van der Waals surface area contributed by atoms with Crippen molar-refractivity contribution in [2.75, 3.05) is 14.2 Å². The molecule has 0 fully saturated rings. The molecule has 0 aliphatic rings. The Kier molecular flexibility index (Phi) is 4.47. The maximum Gasteiger partial charge on any atom is 0.142 e. The molecule has 6 heteroatoms. The van der Waals surface area contributed by atoms with Crippen LogP contribution in [-0.2, 0) is 0 Å². The summed E-state index contributed by atoms with van der Waals surface area (Å²) < 4.78 is 16.8. The minimum Gasteiger partial charge on any atom is -0.495 e. The summed E-state index contributed by atoms with van der Waals surface area (Å²) in [5.74, 6) is 7.68. The third-order valence-electron chi connectivity index (χ3n) is 2.82. The van der Waals surface area contributed by atoms with Gasteiger partial charge in [0.25, 0.3) is 0 Å². The van der Waals surface area contributed by atoms with Crippen LogP contribution in [0.1, 0.15) is 17.4 Å². The van der Waals surface area contributed by atoms with E-state index in [1.165, 1.54) is 0 Å². The molecule has 19 heavy (non-hydrogen) atoms. The van der Waals surface area contributed by atoms with Crippen LogP contribution in [-0.4, -0.2) is 14.2 Å². The largest absolute Gasteiger partial charge is 0.495 e. The summed E-state index contributed by atoms with van der Waals surface area (Å²) in [5, 5.41) is 0. The molecule has 1 aromatic carbocycles. The van der Waals surface area contributed by atoms with E-state index in [-0.39, 0.29) is 6.04 Å². The molecule has 2 aromatic rings. The van der Waals surface area contributed by atoms with Gasteiger partial charge in [0.1, 0.15) is 27.8 Å². The molecule has 0 aliphatic carbocycles. The van der Waals surface area contributed by atoms with Crippen LogP contribution in [0.2, 0.25) is 0 Å². The first-order valence-electron chi connectivity index (χ1n) is 5.62. The zero-order valence-corrected chi connectivity index (χ0v) is 12.2. The van der Waals surface area contributed by atoms with Gasteiger partial charge in [-0.25, -0.2) is 5.43 Å². The van der Waals surface area contributed by atoms with Gasteiger partial charge < -0.3 is 13.9 Å². The van der Waals surface area contributed by atoms with Crippen LogP contribution in [0.3, 0.4) is 0 Å². The monoisotopic (exact) mass is 326 g/mol. The van der Waals surface area contributed by atoms with E-state index in [9.17, 15) is 0 Å². The van der Waals surface area contributed by atoms with E-state index in [1.54, 1.807) is 20.5 Å². The van der Waals surface area contributed by atoms with Crippen LogP contribution in [0, 0.1) is 0 Å². The molecule has 3 N–H and O–H groups in total. The molecule has 1 aromatic heterocycles. The van der Waals surface area contributed by atoms with E-state index in [1.807, 2.05) is 24.3 Å². The molecule has 1 atom stereocenters. The lowest BCUT2D eigenvalue weighted by Gasteiger charge is -2.19. The molecule has 5 nitrogen and oxygen atoms in total. The zero-order chi connectivity index (χ0) is 13.8. The van der Waals surface area contributed by atoms with Crippen LogP contribution < -0.4 is 20.7 Å². The Labute approximate surface area is 119 Å². The molecule has 1 heterocycles. The fourth-order valence-electron chi connectivity index (χ4n) is 1.93. The lowest BCUT2D eigenvalue weighted by molar-refractivity contribution is 0.377. The van der Waals surface area contributed by atoms with Gasteiger partial charge in [-0.05, 0) is 40.2 Å². The Morgan fingerprint density at radius 2 is 2.05 bits per heavy atom. The quantitative estimate of drug-likeness (QED) is 0.653. The fraction of sp³-hybridized carbons (Fsp3) is 0.231. The number of hydrogen-bond donors (Lipinski definition) is 2. The Bertz CT molecular complexity index is 543. The molecule has 0 saturated carbocycles. The van der Waals surface area contributed by atoms with Gasteiger partial charge in [0.2, 0.25) is 0 Å². The molecule has 0 saturated heterocycles. The van der Waals surface area contributed by atoms with Gasteiger partial charge in [-0.1, -0.05) is 0 Å². The third kappa shape index (κ3) is 2.60. The van der Waals surface area contributed by atoms with E-state index < -0.39 is 0 Å². The van der Waals surface area contributed by atoms with Gasteiger partial charge in [-0.3, -0.25) is 5.84 Å². The zero-order valence-electron chi connectivity index (χ0n) is 10.6. The Morgan fingerprint density at radius 1 is 1.26 bits per heavy atom. The second kappa shape index (κ2) is 6.10. The molecular formula is C13H15BrN2O3. The van der Waals surface area contributed by atoms with Gasteiger partial charge in [-0.15, -0.1) is 0 Å². The predicted octanol–water partition coefficient (Wildman–Crippen LogP) is 2.61. The van der Waals surface area contributed by atoms with Crippen molar-refractivity contribution in [3.63, 3.8) is 0 Å². The summed E-state index contributed by atoms with van der Waals surface area (Å²) in [6.07, 6.45) is 1.60. The van der Waals surface area contributed by atoms with E-state index in [0.717, 1.165) is 10.0 Å². The van der Waals surface area contributed by atoms with Crippen molar-refractivity contribution >= 4 is 15.9 Å². The van der Waals surface area contributed by atoms with E-state index >= 15 is 0 Å². The minimum atomic E-state index is -0.299. The van der Waals surface area contributed by atoms with Gasteiger partial charge in [0.15, 0.2) is 0 Å². The van der Waals surface area contributed by atoms with Gasteiger partial charge in [-0.2, -0.15) is 0 Å². The Hall–Kier alpha value is -1.50. The van der Waals surface area contributed by atoms with Crippen LogP contribution in [0.25, 0.3) is 0 Å². The molecule has 102 valence electrons. The fourth-order valence-corrected chi connectivity index (χ4v) is 2.61. The highest BCUT2D eigenvalue weighted by Gasteiger charge is 2.22. The highest BCUT2D eigenvalue weighted by molar-refractivity contribution is 9.10. The minimum absolute atomic E-state index is 0.299. The first-order valence-corrected chi connectivity index (χ1v) is 6.42. The number of ether oxygens (including phenoxy) is 2. The summed E-state index contributed by atoms with van der Waals surface area (Å²) >= 11 is 3.46. The smallest absolute Gasteiger partial charge is 0.142 e. The summed E-state index contributed by atoms with van der Waals surface area (Å²) in [6, 6.07) is 7.09. The van der Waals surface area contributed by atoms with Crippen molar-refractivity contribution in [3.05, 3.63) is 46.3 Å². The average molecular weight is 327 g/mol. The summed E-state index contributed by atoms with van der Waals surface area (Å²) in [7, 11) is 3.20. The van der Waals surface area contributed by atoms with Crippen molar-refractivity contribution in [2.45, 2.75) is 6.04 Å². The highest BCUT2D eigenvalue weighted by atomic mass is 79.9. The van der Waals surface area contributed by atoms with Gasteiger partial charge in [0.05, 0.1) is 20.5 Å². The molecule has 0 bridgehead atoms. The van der Waals surface area contributed by atoms with Crippen LogP contribution in [0.15, 0.2) is 39.4 Å². The molecular weight excluding hydrogens is 312 g/mol. The molecule has 0 aliphatic heterocycles. The number of nitrogens with one attached hydrogen (secondary N) is 1. The standard InChI is InChI=1S/C13H15BrN2O3/c1-17-9-6-5-8(13(18-2)11(9)14)12(16-15)10-4-3-7-19-10/h3-7,12,16H,15H2,1-2H3. The van der Waals surface area contributed by atoms with Crippen LogP contribution in [0.4, 0.5) is 0 Å². The number of halogens is 1. The topological polar surface area (TPSA) is 69.7 Å². The van der Waals surface area contributed by atoms with Crippen molar-refractivity contribution < 1.29 is 13.9 Å². The second-order valence-corrected chi connectivity index (χ2v) is 4.61.